The van der Waals surface area contributed by atoms with Crippen molar-refractivity contribution in [2.75, 3.05) is 13.7 Å². The third-order valence-electron chi connectivity index (χ3n) is 2.70. The van der Waals surface area contributed by atoms with Crippen LogP contribution in [0, 0.1) is 5.41 Å². The van der Waals surface area contributed by atoms with Crippen LogP contribution < -0.4 is 4.74 Å². The number of hydrogen-bond acceptors (Lipinski definition) is 4. The van der Waals surface area contributed by atoms with Crippen molar-refractivity contribution < 1.29 is 24.2 Å². The number of halogens is 1. The van der Waals surface area contributed by atoms with Crippen LogP contribution in [0.5, 0.6) is 5.75 Å². The van der Waals surface area contributed by atoms with Gasteiger partial charge in [0.1, 0.15) is 12.4 Å². The lowest BCUT2D eigenvalue weighted by Gasteiger charge is -2.22. The molecule has 0 aliphatic heterocycles. The second kappa shape index (κ2) is 7.13. The van der Waals surface area contributed by atoms with Crippen molar-refractivity contribution in [2.45, 2.75) is 13.8 Å². The number of aliphatic carboxylic acids is 1. The maximum absolute atomic E-state index is 11.6. The van der Waals surface area contributed by atoms with Gasteiger partial charge in [0.2, 0.25) is 0 Å². The normalized spacial score (nSPS) is 11.4. The zero-order chi connectivity index (χ0) is 16.0. The zero-order valence-electron chi connectivity index (χ0n) is 12.1. The van der Waals surface area contributed by atoms with E-state index in [1.165, 1.54) is 13.2 Å². The molecule has 6 heteroatoms. The first kappa shape index (κ1) is 17.0. The van der Waals surface area contributed by atoms with E-state index in [9.17, 15) is 9.59 Å². The number of hydrogen-bond donors (Lipinski definition) is 1. The van der Waals surface area contributed by atoms with Crippen molar-refractivity contribution >= 4 is 29.6 Å². The van der Waals surface area contributed by atoms with Gasteiger partial charge in [0.15, 0.2) is 0 Å². The van der Waals surface area contributed by atoms with Gasteiger partial charge in [0, 0.05) is 16.7 Å². The Bertz CT molecular complexity index is 563. The van der Waals surface area contributed by atoms with Crippen LogP contribution in [0.3, 0.4) is 0 Å². The van der Waals surface area contributed by atoms with Crippen LogP contribution in [0.15, 0.2) is 24.3 Å². The SMILES string of the molecule is COC(=O)C(C)(C)COc1ccc(Cl)cc1C=CC(=O)O. The average molecular weight is 313 g/mol. The molecule has 0 amide bonds. The number of carboxylic acid groups (broad SMARTS) is 1. The van der Waals surface area contributed by atoms with Gasteiger partial charge in [-0.2, -0.15) is 0 Å². The minimum atomic E-state index is -1.07. The summed E-state index contributed by atoms with van der Waals surface area (Å²) >= 11 is 5.88. The molecular weight excluding hydrogens is 296 g/mol. The van der Waals surface area contributed by atoms with Crippen LogP contribution in [0.1, 0.15) is 19.4 Å². The first-order chi connectivity index (χ1) is 9.76. The van der Waals surface area contributed by atoms with Gasteiger partial charge >= 0.3 is 11.9 Å². The van der Waals surface area contributed by atoms with Crippen LogP contribution in [0.4, 0.5) is 0 Å². The van der Waals surface area contributed by atoms with Crippen molar-refractivity contribution in [3.05, 3.63) is 34.9 Å². The molecule has 0 aliphatic rings. The molecule has 0 saturated carbocycles. The number of rotatable bonds is 6. The smallest absolute Gasteiger partial charge is 0.328 e. The first-order valence-electron chi connectivity index (χ1n) is 6.18. The second-order valence-corrected chi connectivity index (χ2v) is 5.45. The van der Waals surface area contributed by atoms with Gasteiger partial charge < -0.3 is 14.6 Å². The number of benzene rings is 1. The summed E-state index contributed by atoms with van der Waals surface area (Å²) in [7, 11) is 1.31. The Kier molecular flexibility index (Phi) is 5.79. The van der Waals surface area contributed by atoms with Crippen molar-refractivity contribution in [2.24, 2.45) is 5.41 Å². The van der Waals surface area contributed by atoms with E-state index in [1.54, 1.807) is 32.0 Å². The van der Waals surface area contributed by atoms with Crippen molar-refractivity contribution in [1.29, 1.82) is 0 Å². The Morgan fingerprint density at radius 2 is 2.05 bits per heavy atom. The molecule has 1 aromatic rings. The van der Waals surface area contributed by atoms with E-state index in [1.807, 2.05) is 0 Å². The third kappa shape index (κ3) is 5.11. The Morgan fingerprint density at radius 3 is 2.62 bits per heavy atom. The summed E-state index contributed by atoms with van der Waals surface area (Å²) in [4.78, 5) is 22.2. The number of carbonyl (C=O) groups excluding carboxylic acids is 1. The van der Waals surface area contributed by atoms with Gasteiger partial charge in [-0.25, -0.2) is 4.79 Å². The fourth-order valence-electron chi connectivity index (χ4n) is 1.54. The maximum atomic E-state index is 11.6. The van der Waals surface area contributed by atoms with E-state index in [-0.39, 0.29) is 12.6 Å². The predicted molar refractivity (Wildman–Crippen MR) is 79.4 cm³/mol. The van der Waals surface area contributed by atoms with Crippen LogP contribution >= 0.6 is 11.6 Å². The minimum absolute atomic E-state index is 0.0925. The fraction of sp³-hybridized carbons (Fsp3) is 0.333. The van der Waals surface area contributed by atoms with E-state index in [0.717, 1.165) is 6.08 Å². The van der Waals surface area contributed by atoms with Gasteiger partial charge in [-0.1, -0.05) is 11.6 Å². The molecular formula is C15H17ClO5. The van der Waals surface area contributed by atoms with E-state index in [4.69, 9.17) is 26.2 Å². The van der Waals surface area contributed by atoms with Crippen LogP contribution in [0.2, 0.25) is 5.02 Å². The third-order valence-corrected chi connectivity index (χ3v) is 2.94. The molecule has 0 fully saturated rings. The molecule has 114 valence electrons. The van der Waals surface area contributed by atoms with Gasteiger partial charge in [-0.3, -0.25) is 4.79 Å². The summed E-state index contributed by atoms with van der Waals surface area (Å²) < 4.78 is 10.3. The highest BCUT2D eigenvalue weighted by molar-refractivity contribution is 6.30. The lowest BCUT2D eigenvalue weighted by molar-refractivity contribution is -0.152. The molecule has 0 unspecified atom stereocenters. The molecule has 1 aromatic carbocycles. The van der Waals surface area contributed by atoms with E-state index < -0.39 is 11.4 Å². The summed E-state index contributed by atoms with van der Waals surface area (Å²) in [5.41, 5.74) is -0.298. The van der Waals surface area contributed by atoms with E-state index in [2.05, 4.69) is 0 Å². The van der Waals surface area contributed by atoms with Gasteiger partial charge in [-0.05, 0) is 38.1 Å². The molecule has 5 nitrogen and oxygen atoms in total. The number of esters is 1. The number of methoxy groups -OCH3 is 1. The standard InChI is InChI=1S/C15H17ClO5/c1-15(2,14(19)20-3)9-21-12-6-5-11(16)8-10(12)4-7-13(17)18/h4-8H,9H2,1-3H3,(H,17,18). The molecule has 0 radical (unpaired) electrons. The molecule has 0 aliphatic carbocycles. The average Bonchev–Trinajstić information content (AvgIpc) is 2.42. The molecule has 0 aromatic heterocycles. The number of carbonyl (C=O) groups is 2. The topological polar surface area (TPSA) is 72.8 Å². The number of carboxylic acids is 1. The van der Waals surface area contributed by atoms with E-state index >= 15 is 0 Å². The molecule has 0 heterocycles. The van der Waals surface area contributed by atoms with Crippen LogP contribution in [-0.4, -0.2) is 30.8 Å². The lowest BCUT2D eigenvalue weighted by atomic mass is 9.95. The maximum Gasteiger partial charge on any atom is 0.328 e. The van der Waals surface area contributed by atoms with E-state index in [0.29, 0.717) is 16.3 Å². The molecule has 0 bridgehead atoms. The van der Waals surface area contributed by atoms with Gasteiger partial charge in [-0.15, -0.1) is 0 Å². The van der Waals surface area contributed by atoms with Crippen molar-refractivity contribution in [1.82, 2.24) is 0 Å². The molecule has 1 N–H and O–H groups in total. The Balaban J connectivity index is 2.93. The fourth-order valence-corrected chi connectivity index (χ4v) is 1.72. The predicted octanol–water partition coefficient (Wildman–Crippen LogP) is 3.02. The molecule has 0 atom stereocenters. The van der Waals surface area contributed by atoms with Gasteiger partial charge in [0.05, 0.1) is 12.5 Å². The first-order valence-corrected chi connectivity index (χ1v) is 6.56. The summed E-state index contributed by atoms with van der Waals surface area (Å²) in [6, 6.07) is 4.83. The molecule has 21 heavy (non-hydrogen) atoms. The van der Waals surface area contributed by atoms with Crippen LogP contribution in [0.25, 0.3) is 6.08 Å². The Hall–Kier alpha value is -2.01. The largest absolute Gasteiger partial charge is 0.492 e. The summed E-state index contributed by atoms with van der Waals surface area (Å²) in [6.07, 6.45) is 2.37. The Labute approximate surface area is 128 Å². The molecule has 0 spiro atoms. The zero-order valence-corrected chi connectivity index (χ0v) is 12.8. The summed E-state index contributed by atoms with van der Waals surface area (Å²) in [5, 5.41) is 9.14. The quantitative estimate of drug-likeness (QED) is 0.645. The Morgan fingerprint density at radius 1 is 1.38 bits per heavy atom. The van der Waals surface area contributed by atoms with Gasteiger partial charge in [0.25, 0.3) is 0 Å². The summed E-state index contributed by atoms with van der Waals surface area (Å²) in [5.74, 6) is -1.02. The second-order valence-electron chi connectivity index (χ2n) is 5.02. The monoisotopic (exact) mass is 312 g/mol. The highest BCUT2D eigenvalue weighted by Gasteiger charge is 2.29. The van der Waals surface area contributed by atoms with Crippen LogP contribution in [-0.2, 0) is 14.3 Å². The highest BCUT2D eigenvalue weighted by Crippen LogP contribution is 2.27. The van der Waals surface area contributed by atoms with Crippen molar-refractivity contribution in [3.63, 3.8) is 0 Å². The van der Waals surface area contributed by atoms with Crippen molar-refractivity contribution in [3.8, 4) is 5.75 Å². The lowest BCUT2D eigenvalue weighted by Crippen LogP contribution is -2.32. The minimum Gasteiger partial charge on any atom is -0.492 e. The molecule has 0 saturated heterocycles. The highest BCUT2D eigenvalue weighted by atomic mass is 35.5. The molecule has 1 rings (SSSR count). The summed E-state index contributed by atoms with van der Waals surface area (Å²) in [6.45, 7) is 3.48. The number of ether oxygens (including phenoxy) is 2.